The Morgan fingerprint density at radius 2 is 1.96 bits per heavy atom. The lowest BCUT2D eigenvalue weighted by atomic mass is 9.97. The van der Waals surface area contributed by atoms with Gasteiger partial charge in [0.1, 0.15) is 0 Å². The van der Waals surface area contributed by atoms with Gasteiger partial charge >= 0.3 is 0 Å². The van der Waals surface area contributed by atoms with Crippen LogP contribution in [0.5, 0.6) is 0 Å². The molecular weight excluding hydrogens is 366 g/mol. The van der Waals surface area contributed by atoms with E-state index in [-0.39, 0.29) is 11.8 Å². The largest absolute Gasteiger partial charge is 0.459 e. The third-order valence-electron chi connectivity index (χ3n) is 4.64. The van der Waals surface area contributed by atoms with Gasteiger partial charge in [0.25, 0.3) is 5.89 Å². The maximum atomic E-state index is 12.4. The Balaban J connectivity index is 1.35. The van der Waals surface area contributed by atoms with E-state index in [1.165, 1.54) is 0 Å². The van der Waals surface area contributed by atoms with Crippen molar-refractivity contribution in [3.8, 4) is 11.7 Å². The van der Waals surface area contributed by atoms with Crippen LogP contribution in [0.4, 0.5) is 0 Å². The fraction of sp³-hybridized carbons (Fsp3) is 0.250. The molecule has 3 aromatic rings. The molecule has 1 aromatic carbocycles. The van der Waals surface area contributed by atoms with Crippen molar-refractivity contribution in [1.82, 2.24) is 15.1 Å². The molecule has 1 aliphatic heterocycles. The van der Waals surface area contributed by atoms with Crippen molar-refractivity contribution in [2.75, 3.05) is 13.1 Å². The van der Waals surface area contributed by atoms with Gasteiger partial charge in [0, 0.05) is 30.1 Å². The fourth-order valence-corrected chi connectivity index (χ4v) is 3.32. The molecule has 3 heterocycles. The molecule has 0 spiro atoms. The number of amides is 1. The van der Waals surface area contributed by atoms with E-state index in [0.29, 0.717) is 35.7 Å². The van der Waals surface area contributed by atoms with Crippen molar-refractivity contribution in [2.45, 2.75) is 18.8 Å². The molecule has 0 saturated carbocycles. The van der Waals surface area contributed by atoms with Crippen LogP contribution in [0.3, 0.4) is 0 Å². The lowest BCUT2D eigenvalue weighted by Gasteiger charge is -2.29. The van der Waals surface area contributed by atoms with E-state index >= 15 is 0 Å². The first-order valence-corrected chi connectivity index (χ1v) is 9.17. The summed E-state index contributed by atoms with van der Waals surface area (Å²) in [6.07, 6.45) is 6.46. The number of rotatable bonds is 4. The molecule has 0 bridgehead atoms. The Bertz CT molecular complexity index is 941. The molecule has 2 aromatic heterocycles. The number of furan rings is 1. The van der Waals surface area contributed by atoms with Gasteiger partial charge in [-0.3, -0.25) is 4.79 Å². The van der Waals surface area contributed by atoms with Gasteiger partial charge < -0.3 is 13.7 Å². The number of carbonyl (C=O) groups excluding carboxylic acids is 1. The topological polar surface area (TPSA) is 72.4 Å². The second-order valence-corrected chi connectivity index (χ2v) is 6.78. The van der Waals surface area contributed by atoms with Crippen LogP contribution < -0.4 is 0 Å². The predicted octanol–water partition coefficient (Wildman–Crippen LogP) is 4.40. The minimum atomic E-state index is -0.0184. The standard InChI is InChI=1S/C20H18ClN3O3/c21-16-5-2-1-4-14(16)7-8-18(25)24-11-9-15(10-12-24)19-22-23-20(27-19)17-6-3-13-26-17/h1-8,13,15H,9-12H2. The van der Waals surface area contributed by atoms with Crippen LogP contribution in [0.25, 0.3) is 17.7 Å². The average molecular weight is 384 g/mol. The van der Waals surface area contributed by atoms with E-state index in [9.17, 15) is 4.79 Å². The first-order chi connectivity index (χ1) is 13.2. The smallest absolute Gasteiger partial charge is 0.283 e. The van der Waals surface area contributed by atoms with Crippen molar-refractivity contribution in [3.05, 3.63) is 65.2 Å². The highest BCUT2D eigenvalue weighted by atomic mass is 35.5. The predicted molar refractivity (Wildman–Crippen MR) is 101 cm³/mol. The minimum absolute atomic E-state index is 0.0184. The summed E-state index contributed by atoms with van der Waals surface area (Å²) in [5.41, 5.74) is 0.832. The highest BCUT2D eigenvalue weighted by Crippen LogP contribution is 2.29. The number of hydrogen-bond donors (Lipinski definition) is 0. The normalized spacial score (nSPS) is 15.5. The summed E-state index contributed by atoms with van der Waals surface area (Å²) in [7, 11) is 0. The molecule has 6 nitrogen and oxygen atoms in total. The van der Waals surface area contributed by atoms with Gasteiger partial charge in [0.15, 0.2) is 5.76 Å². The summed E-state index contributed by atoms with van der Waals surface area (Å²) in [4.78, 5) is 14.2. The van der Waals surface area contributed by atoms with E-state index in [0.717, 1.165) is 18.4 Å². The summed E-state index contributed by atoms with van der Waals surface area (Å²) >= 11 is 6.11. The summed E-state index contributed by atoms with van der Waals surface area (Å²) in [5, 5.41) is 8.82. The number of nitrogens with zero attached hydrogens (tertiary/aromatic N) is 3. The molecule has 1 fully saturated rings. The molecule has 4 rings (SSSR count). The monoisotopic (exact) mass is 383 g/mol. The second-order valence-electron chi connectivity index (χ2n) is 6.38. The Morgan fingerprint density at radius 1 is 1.15 bits per heavy atom. The molecule has 1 aliphatic rings. The third kappa shape index (κ3) is 3.95. The number of benzene rings is 1. The van der Waals surface area contributed by atoms with E-state index < -0.39 is 0 Å². The first kappa shape index (κ1) is 17.5. The quantitative estimate of drug-likeness (QED) is 0.624. The van der Waals surface area contributed by atoms with E-state index in [4.69, 9.17) is 20.4 Å². The number of carbonyl (C=O) groups is 1. The SMILES string of the molecule is O=C(C=Cc1ccccc1Cl)N1CCC(c2nnc(-c3ccco3)o2)CC1. The highest BCUT2D eigenvalue weighted by Gasteiger charge is 2.27. The van der Waals surface area contributed by atoms with Gasteiger partial charge in [-0.05, 0) is 42.7 Å². The van der Waals surface area contributed by atoms with Gasteiger partial charge in [-0.1, -0.05) is 29.8 Å². The summed E-state index contributed by atoms with van der Waals surface area (Å²) in [6.45, 7) is 1.30. The van der Waals surface area contributed by atoms with Crippen LogP contribution in [-0.2, 0) is 4.79 Å². The molecule has 0 atom stereocenters. The molecule has 1 saturated heterocycles. The zero-order valence-electron chi connectivity index (χ0n) is 14.5. The zero-order chi connectivity index (χ0) is 18.6. The van der Waals surface area contributed by atoms with E-state index in [1.807, 2.05) is 23.1 Å². The number of aromatic nitrogens is 2. The summed E-state index contributed by atoms with van der Waals surface area (Å²) < 4.78 is 11.0. The fourth-order valence-electron chi connectivity index (χ4n) is 3.12. The molecule has 7 heteroatoms. The van der Waals surface area contributed by atoms with Crippen molar-refractivity contribution in [2.24, 2.45) is 0 Å². The van der Waals surface area contributed by atoms with Crippen LogP contribution in [-0.4, -0.2) is 34.1 Å². The molecule has 0 N–H and O–H groups in total. The Kier molecular flexibility index (Phi) is 5.07. The first-order valence-electron chi connectivity index (χ1n) is 8.79. The Morgan fingerprint density at radius 3 is 2.70 bits per heavy atom. The average Bonchev–Trinajstić information content (AvgIpc) is 3.39. The molecule has 0 unspecified atom stereocenters. The number of piperidine rings is 1. The maximum Gasteiger partial charge on any atom is 0.283 e. The van der Waals surface area contributed by atoms with Crippen LogP contribution in [0, 0.1) is 0 Å². The van der Waals surface area contributed by atoms with Crippen molar-refractivity contribution < 1.29 is 13.6 Å². The Labute approximate surface area is 161 Å². The van der Waals surface area contributed by atoms with Crippen LogP contribution >= 0.6 is 11.6 Å². The van der Waals surface area contributed by atoms with Gasteiger partial charge in [-0.25, -0.2) is 0 Å². The molecular formula is C20H18ClN3O3. The lowest BCUT2D eigenvalue weighted by Crippen LogP contribution is -2.36. The number of hydrogen-bond acceptors (Lipinski definition) is 5. The number of halogens is 1. The van der Waals surface area contributed by atoms with Crippen LogP contribution in [0.15, 0.2) is 57.6 Å². The molecule has 0 radical (unpaired) electrons. The molecule has 138 valence electrons. The number of likely N-dealkylation sites (tertiary alicyclic amines) is 1. The van der Waals surface area contributed by atoms with Gasteiger partial charge in [-0.15, -0.1) is 10.2 Å². The molecule has 27 heavy (non-hydrogen) atoms. The third-order valence-corrected chi connectivity index (χ3v) is 4.98. The van der Waals surface area contributed by atoms with Crippen LogP contribution in [0.1, 0.15) is 30.2 Å². The van der Waals surface area contributed by atoms with Gasteiger partial charge in [0.2, 0.25) is 11.8 Å². The Hall–Kier alpha value is -2.86. The van der Waals surface area contributed by atoms with E-state index in [2.05, 4.69) is 10.2 Å². The van der Waals surface area contributed by atoms with Crippen molar-refractivity contribution in [1.29, 1.82) is 0 Å². The lowest BCUT2D eigenvalue weighted by molar-refractivity contribution is -0.127. The maximum absolute atomic E-state index is 12.4. The molecule has 0 aliphatic carbocycles. The van der Waals surface area contributed by atoms with Gasteiger partial charge in [0.05, 0.1) is 6.26 Å². The molecule has 1 amide bonds. The van der Waals surface area contributed by atoms with E-state index in [1.54, 1.807) is 36.6 Å². The summed E-state index contributed by atoms with van der Waals surface area (Å²) in [6, 6.07) is 11.0. The zero-order valence-corrected chi connectivity index (χ0v) is 15.3. The van der Waals surface area contributed by atoms with Gasteiger partial charge in [-0.2, -0.15) is 0 Å². The van der Waals surface area contributed by atoms with Crippen molar-refractivity contribution in [3.63, 3.8) is 0 Å². The highest BCUT2D eigenvalue weighted by molar-refractivity contribution is 6.32. The van der Waals surface area contributed by atoms with Crippen LogP contribution in [0.2, 0.25) is 5.02 Å². The minimum Gasteiger partial charge on any atom is -0.459 e. The van der Waals surface area contributed by atoms with Crippen molar-refractivity contribution >= 4 is 23.6 Å². The second kappa shape index (κ2) is 7.80. The summed E-state index contributed by atoms with van der Waals surface area (Å²) in [5.74, 6) is 1.68.